The molecule has 0 saturated heterocycles. The van der Waals surface area contributed by atoms with Crippen molar-refractivity contribution in [1.29, 1.82) is 0 Å². The number of anilines is 3. The molecule has 132 valence electrons. The van der Waals surface area contributed by atoms with E-state index in [9.17, 15) is 4.39 Å². The van der Waals surface area contributed by atoms with E-state index < -0.39 is 5.82 Å². The molecule has 0 unspecified atom stereocenters. The summed E-state index contributed by atoms with van der Waals surface area (Å²) >= 11 is 6.12. The maximum Gasteiger partial charge on any atom is 0.157 e. The van der Waals surface area contributed by atoms with E-state index in [1.807, 2.05) is 22.6 Å². The van der Waals surface area contributed by atoms with Gasteiger partial charge in [0.25, 0.3) is 0 Å². The predicted octanol–water partition coefficient (Wildman–Crippen LogP) is 3.79. The Morgan fingerprint density at radius 1 is 1.19 bits per heavy atom. The second-order valence-electron chi connectivity index (χ2n) is 5.75. The third-order valence-electron chi connectivity index (χ3n) is 4.03. The van der Waals surface area contributed by atoms with Crippen molar-refractivity contribution in [1.82, 2.24) is 14.4 Å². The topological polar surface area (TPSA) is 80.3 Å². The quantitative estimate of drug-likeness (QED) is 0.498. The van der Waals surface area contributed by atoms with Crippen LogP contribution in [0.1, 0.15) is 0 Å². The molecule has 0 atom stereocenters. The zero-order valence-electron chi connectivity index (χ0n) is 13.7. The molecule has 4 N–H and O–H groups in total. The number of aromatic nitrogens is 3. The zero-order chi connectivity index (χ0) is 18.1. The second kappa shape index (κ2) is 6.78. The van der Waals surface area contributed by atoms with Gasteiger partial charge in [0, 0.05) is 18.8 Å². The minimum Gasteiger partial charge on any atom is -0.384 e. The van der Waals surface area contributed by atoms with Gasteiger partial charge in [-0.25, -0.2) is 14.4 Å². The molecule has 0 spiro atoms. The van der Waals surface area contributed by atoms with Crippen LogP contribution in [0.3, 0.4) is 0 Å². The molecule has 0 radical (unpaired) electrons. The summed E-state index contributed by atoms with van der Waals surface area (Å²) in [5.74, 6) is 0.0306. The first-order chi connectivity index (χ1) is 12.7. The summed E-state index contributed by atoms with van der Waals surface area (Å²) in [5, 5.41) is 6.53. The highest BCUT2D eigenvalue weighted by Gasteiger charge is 2.13. The molecule has 4 rings (SSSR count). The van der Waals surface area contributed by atoms with Crippen molar-refractivity contribution in [3.05, 3.63) is 59.8 Å². The molecule has 2 heterocycles. The van der Waals surface area contributed by atoms with Crippen LogP contribution in [0.2, 0.25) is 5.02 Å². The van der Waals surface area contributed by atoms with E-state index in [1.165, 1.54) is 6.07 Å². The maximum atomic E-state index is 14.1. The molecule has 2 aromatic carbocycles. The molecule has 4 aromatic rings. The summed E-state index contributed by atoms with van der Waals surface area (Å²) in [6, 6.07) is 10.3. The van der Waals surface area contributed by atoms with Gasteiger partial charge in [-0.3, -0.25) is 4.40 Å². The highest BCUT2D eigenvalue weighted by molar-refractivity contribution is 6.33. The number of nitrogens with zero attached hydrogens (tertiary/aromatic N) is 3. The van der Waals surface area contributed by atoms with Gasteiger partial charge in [-0.2, -0.15) is 0 Å². The SMILES string of the molecule is NCCNc1ccc2nc(Nc3c(F)cccc3Cl)c3cncn3c2c1. The lowest BCUT2D eigenvalue weighted by atomic mass is 10.2. The van der Waals surface area contributed by atoms with Crippen molar-refractivity contribution >= 4 is 45.3 Å². The average Bonchev–Trinajstić information content (AvgIpc) is 3.13. The van der Waals surface area contributed by atoms with Gasteiger partial charge in [0.05, 0.1) is 34.3 Å². The van der Waals surface area contributed by atoms with Crippen LogP contribution < -0.4 is 16.4 Å². The number of imidazole rings is 1. The van der Waals surface area contributed by atoms with Crippen LogP contribution in [0.15, 0.2) is 48.9 Å². The standard InChI is InChI=1S/C18H16ClFN6/c19-12-2-1-3-13(20)17(12)25-18-16-9-22-10-26(16)15-8-11(23-7-6-21)4-5-14(15)24-18/h1-5,8-10,23H,6-7,21H2,(H,24,25). The Bertz CT molecular complexity index is 1070. The summed E-state index contributed by atoms with van der Waals surface area (Å²) in [6.07, 6.45) is 3.36. The van der Waals surface area contributed by atoms with Gasteiger partial charge >= 0.3 is 0 Å². The second-order valence-corrected chi connectivity index (χ2v) is 6.16. The van der Waals surface area contributed by atoms with Crippen molar-refractivity contribution in [2.45, 2.75) is 0 Å². The molecule has 0 aliphatic rings. The van der Waals surface area contributed by atoms with Gasteiger partial charge in [0.1, 0.15) is 11.3 Å². The number of fused-ring (bicyclic) bond motifs is 3. The minimum absolute atomic E-state index is 0.186. The lowest BCUT2D eigenvalue weighted by Crippen LogP contribution is -2.13. The van der Waals surface area contributed by atoms with Crippen molar-refractivity contribution in [3.8, 4) is 0 Å². The van der Waals surface area contributed by atoms with Crippen LogP contribution in [0.5, 0.6) is 0 Å². The maximum absolute atomic E-state index is 14.1. The van der Waals surface area contributed by atoms with Gasteiger partial charge in [0.15, 0.2) is 5.82 Å². The predicted molar refractivity (Wildman–Crippen MR) is 103 cm³/mol. The lowest BCUT2D eigenvalue weighted by molar-refractivity contribution is 0.632. The number of benzene rings is 2. The lowest BCUT2D eigenvalue weighted by Gasteiger charge is -2.13. The molecule has 0 fully saturated rings. The third kappa shape index (κ3) is 2.91. The van der Waals surface area contributed by atoms with Gasteiger partial charge in [0.2, 0.25) is 0 Å². The van der Waals surface area contributed by atoms with E-state index >= 15 is 0 Å². The first kappa shape index (κ1) is 16.6. The fourth-order valence-corrected chi connectivity index (χ4v) is 3.02. The summed E-state index contributed by atoms with van der Waals surface area (Å²) in [6.45, 7) is 1.22. The molecule has 0 saturated carbocycles. The van der Waals surface area contributed by atoms with E-state index in [4.69, 9.17) is 17.3 Å². The Balaban J connectivity index is 1.84. The number of nitrogens with two attached hydrogens (primary N) is 1. The Morgan fingerprint density at radius 2 is 2.08 bits per heavy atom. The molecule has 26 heavy (non-hydrogen) atoms. The summed E-state index contributed by atoms with van der Waals surface area (Å²) in [7, 11) is 0. The molecule has 0 bridgehead atoms. The smallest absolute Gasteiger partial charge is 0.157 e. The number of halogens is 2. The van der Waals surface area contributed by atoms with Crippen molar-refractivity contribution < 1.29 is 4.39 Å². The molecule has 8 heteroatoms. The minimum atomic E-state index is -0.446. The first-order valence-corrected chi connectivity index (χ1v) is 8.46. The number of para-hydroxylation sites is 1. The summed E-state index contributed by atoms with van der Waals surface area (Å²) < 4.78 is 16.0. The third-order valence-corrected chi connectivity index (χ3v) is 4.34. The molecular weight excluding hydrogens is 355 g/mol. The van der Waals surface area contributed by atoms with Gasteiger partial charge < -0.3 is 16.4 Å². The number of nitrogens with one attached hydrogen (secondary N) is 2. The van der Waals surface area contributed by atoms with E-state index in [-0.39, 0.29) is 10.7 Å². The van der Waals surface area contributed by atoms with Crippen LogP contribution in [0.25, 0.3) is 16.6 Å². The van der Waals surface area contributed by atoms with Crippen LogP contribution >= 0.6 is 11.6 Å². The van der Waals surface area contributed by atoms with Crippen LogP contribution in [-0.2, 0) is 0 Å². The van der Waals surface area contributed by atoms with E-state index in [0.29, 0.717) is 24.4 Å². The Morgan fingerprint density at radius 3 is 2.88 bits per heavy atom. The van der Waals surface area contributed by atoms with Crippen molar-refractivity contribution in [2.75, 3.05) is 23.7 Å². The highest BCUT2D eigenvalue weighted by atomic mass is 35.5. The van der Waals surface area contributed by atoms with Crippen LogP contribution in [0.4, 0.5) is 21.6 Å². The van der Waals surface area contributed by atoms with Crippen molar-refractivity contribution in [3.63, 3.8) is 0 Å². The largest absolute Gasteiger partial charge is 0.384 e. The fraction of sp³-hybridized carbons (Fsp3) is 0.111. The highest BCUT2D eigenvalue weighted by Crippen LogP contribution is 2.31. The van der Waals surface area contributed by atoms with E-state index in [0.717, 1.165) is 16.7 Å². The molecule has 2 aromatic heterocycles. The number of hydrogen-bond donors (Lipinski definition) is 3. The molecule has 0 amide bonds. The monoisotopic (exact) mass is 370 g/mol. The van der Waals surface area contributed by atoms with Gasteiger partial charge in [-0.1, -0.05) is 17.7 Å². The fourth-order valence-electron chi connectivity index (χ4n) is 2.80. The Kier molecular flexibility index (Phi) is 4.32. The molecule has 6 nitrogen and oxygen atoms in total. The van der Waals surface area contributed by atoms with Crippen LogP contribution in [0, 0.1) is 5.82 Å². The van der Waals surface area contributed by atoms with Crippen molar-refractivity contribution in [2.24, 2.45) is 5.73 Å². The normalized spacial score (nSPS) is 11.2. The van der Waals surface area contributed by atoms with Gasteiger partial charge in [-0.05, 0) is 30.3 Å². The van der Waals surface area contributed by atoms with E-state index in [2.05, 4.69) is 20.6 Å². The molecule has 0 aliphatic carbocycles. The average molecular weight is 371 g/mol. The van der Waals surface area contributed by atoms with E-state index in [1.54, 1.807) is 24.7 Å². The summed E-state index contributed by atoms with van der Waals surface area (Å²) in [5.41, 5.74) is 9.00. The molecular formula is C18H16ClFN6. The Hall–Kier alpha value is -2.90. The zero-order valence-corrected chi connectivity index (χ0v) is 14.5. The first-order valence-electron chi connectivity index (χ1n) is 8.08. The number of hydrogen-bond acceptors (Lipinski definition) is 5. The number of rotatable bonds is 5. The van der Waals surface area contributed by atoms with Gasteiger partial charge in [-0.15, -0.1) is 0 Å². The Labute approximate surface area is 153 Å². The molecule has 0 aliphatic heterocycles. The summed E-state index contributed by atoms with van der Waals surface area (Å²) in [4.78, 5) is 8.83. The van der Waals surface area contributed by atoms with Crippen LogP contribution in [-0.4, -0.2) is 27.5 Å².